The number of morpholine rings is 1. The van der Waals surface area contributed by atoms with Crippen molar-refractivity contribution in [3.05, 3.63) is 195 Å². The molecule has 0 unspecified atom stereocenters. The Morgan fingerprint density at radius 1 is 0.781 bits per heavy atom. The number of cyclic esters (lactones) is 1. The number of phenols is 1. The molecular weight excluding hydrogens is 927 g/mol. The molecule has 366 valence electrons. The van der Waals surface area contributed by atoms with Gasteiger partial charge in [-0.2, -0.15) is 0 Å². The number of anilines is 1. The second-order valence-electron chi connectivity index (χ2n) is 18.8. The zero-order valence-electron chi connectivity index (χ0n) is 39.5. The molecule has 4 aliphatic rings. The normalized spacial score (nSPS) is 22.7. The van der Waals surface area contributed by atoms with Crippen LogP contribution in [0.5, 0.6) is 5.75 Å². The summed E-state index contributed by atoms with van der Waals surface area (Å²) in [6, 6.07) is 40.0. The number of phenolic OH excluding ortho intramolecular Hbond substituents is 1. The van der Waals surface area contributed by atoms with E-state index in [0.717, 1.165) is 35.2 Å². The highest BCUT2D eigenvalue weighted by molar-refractivity contribution is 6.23. The predicted molar refractivity (Wildman–Crippen MR) is 267 cm³/mol. The van der Waals surface area contributed by atoms with Gasteiger partial charge < -0.3 is 19.5 Å². The van der Waals surface area contributed by atoms with E-state index in [9.17, 15) is 20.0 Å². The van der Waals surface area contributed by atoms with Crippen LogP contribution in [0.3, 0.4) is 0 Å². The molecule has 16 heteroatoms. The van der Waals surface area contributed by atoms with Crippen molar-refractivity contribution in [1.82, 2.24) is 24.8 Å². The molecule has 6 aromatic carbocycles. The zero-order valence-corrected chi connectivity index (χ0v) is 39.5. The number of likely N-dealkylation sites (tertiary alicyclic amines) is 1. The van der Waals surface area contributed by atoms with Gasteiger partial charge in [-0.05, 0) is 95.3 Å². The number of nitro groups is 1. The van der Waals surface area contributed by atoms with Crippen molar-refractivity contribution in [2.45, 2.75) is 74.9 Å². The minimum atomic E-state index is -2.06. The number of imide groups is 1. The number of non-ortho nitro benzene ring substituents is 1. The number of ether oxygens (including phenoxy) is 2. The quantitative estimate of drug-likeness (QED) is 0.0660. The van der Waals surface area contributed by atoms with Crippen molar-refractivity contribution in [1.29, 1.82) is 0 Å². The first-order valence-electron chi connectivity index (χ1n) is 24.5. The first kappa shape index (κ1) is 46.7. The Bertz CT molecular complexity index is 3310. The number of hydrogen-bond acceptors (Lipinski definition) is 12. The molecule has 0 aliphatic carbocycles. The number of carbonyl (C=O) groups is 4. The summed E-state index contributed by atoms with van der Waals surface area (Å²) in [4.78, 5) is 79.0. The first-order chi connectivity index (χ1) is 35.6. The minimum Gasteiger partial charge on any atom is -0.508 e. The third-order valence-electron chi connectivity index (χ3n) is 14.7. The lowest BCUT2D eigenvalue weighted by atomic mass is 9.64. The number of nitro benzene ring substituents is 1. The van der Waals surface area contributed by atoms with E-state index in [1.165, 1.54) is 36.4 Å². The molecule has 4 aliphatic heterocycles. The highest BCUT2D eigenvalue weighted by Gasteiger charge is 2.76. The molecule has 6 atom stereocenters. The number of rotatable bonds is 8. The number of fused-ring (bicyclic) bond motifs is 4. The van der Waals surface area contributed by atoms with Gasteiger partial charge in [-0.1, -0.05) is 121 Å². The Labute approximate surface area is 419 Å². The van der Waals surface area contributed by atoms with Gasteiger partial charge in [0, 0.05) is 30.8 Å². The van der Waals surface area contributed by atoms with Gasteiger partial charge in [0.15, 0.2) is 0 Å². The van der Waals surface area contributed by atoms with Crippen LogP contribution in [0.1, 0.15) is 83.7 Å². The minimum absolute atomic E-state index is 0.0484. The largest absolute Gasteiger partial charge is 0.508 e. The van der Waals surface area contributed by atoms with Crippen LogP contribution in [0.2, 0.25) is 0 Å². The maximum absolute atomic E-state index is 16.7. The van der Waals surface area contributed by atoms with E-state index in [1.807, 2.05) is 89.8 Å². The zero-order chi connectivity index (χ0) is 50.2. The van der Waals surface area contributed by atoms with Crippen LogP contribution in [-0.2, 0) is 42.4 Å². The highest BCUT2D eigenvalue weighted by atomic mass is 16.6. The first-order valence-corrected chi connectivity index (χ1v) is 24.5. The Hall–Kier alpha value is -8.68. The van der Waals surface area contributed by atoms with Crippen LogP contribution in [0.25, 0.3) is 11.0 Å². The van der Waals surface area contributed by atoms with Gasteiger partial charge in [0.05, 0.1) is 34.1 Å². The monoisotopic (exact) mass is 975 g/mol. The van der Waals surface area contributed by atoms with E-state index >= 15 is 14.4 Å². The van der Waals surface area contributed by atoms with Crippen molar-refractivity contribution >= 4 is 46.3 Å². The molecule has 3 amide bonds. The fourth-order valence-electron chi connectivity index (χ4n) is 11.4. The second-order valence-corrected chi connectivity index (χ2v) is 18.8. The second kappa shape index (κ2) is 19.5. The van der Waals surface area contributed by atoms with E-state index in [4.69, 9.17) is 9.47 Å². The lowest BCUT2D eigenvalue weighted by Gasteiger charge is -2.46. The summed E-state index contributed by atoms with van der Waals surface area (Å²) in [5.74, 6) is 2.99. The number of carbonyl (C=O) groups excluding carboxylic acids is 4. The number of para-hydroxylation sites is 1. The van der Waals surface area contributed by atoms with Crippen molar-refractivity contribution in [2.75, 3.05) is 18.0 Å². The van der Waals surface area contributed by atoms with Crippen LogP contribution in [0, 0.1) is 27.9 Å². The topological polar surface area (TPSA) is 191 Å². The summed E-state index contributed by atoms with van der Waals surface area (Å²) >= 11 is 0. The van der Waals surface area contributed by atoms with Gasteiger partial charge in [-0.15, -0.1) is 5.10 Å². The van der Waals surface area contributed by atoms with Gasteiger partial charge >= 0.3 is 12.1 Å². The lowest BCUT2D eigenvalue weighted by molar-refractivity contribution is -0.384. The molecule has 0 bridgehead atoms. The van der Waals surface area contributed by atoms with Crippen molar-refractivity contribution < 1.29 is 38.7 Å². The van der Waals surface area contributed by atoms with Crippen molar-refractivity contribution in [3.8, 4) is 17.6 Å². The Kier molecular flexibility index (Phi) is 12.5. The van der Waals surface area contributed by atoms with Gasteiger partial charge in [-0.25, -0.2) is 14.4 Å². The molecule has 73 heavy (non-hydrogen) atoms. The summed E-state index contributed by atoms with van der Waals surface area (Å²) in [6.45, 7) is 0.583. The lowest BCUT2D eigenvalue weighted by Crippen LogP contribution is -2.56. The summed E-state index contributed by atoms with van der Waals surface area (Å²) in [5, 5.41) is 30.9. The smallest absolute Gasteiger partial charge is 0.421 e. The Morgan fingerprint density at radius 3 is 2.16 bits per heavy atom. The third-order valence-corrected chi connectivity index (χ3v) is 14.7. The van der Waals surface area contributed by atoms with E-state index < -0.39 is 64.4 Å². The average Bonchev–Trinajstić information content (AvgIpc) is 4.07. The molecule has 1 spiro atoms. The maximum atomic E-state index is 16.7. The molecule has 16 nitrogen and oxygen atoms in total. The molecule has 1 aromatic heterocycles. The number of aromatic hydroxyl groups is 1. The van der Waals surface area contributed by atoms with E-state index in [1.54, 1.807) is 39.9 Å². The molecule has 0 saturated carbocycles. The average molecular weight is 976 g/mol. The molecule has 3 saturated heterocycles. The van der Waals surface area contributed by atoms with Crippen molar-refractivity contribution in [2.24, 2.45) is 5.92 Å². The number of esters is 1. The van der Waals surface area contributed by atoms with Crippen LogP contribution in [0.4, 0.5) is 16.2 Å². The molecule has 1 N–H and O–H groups in total. The summed E-state index contributed by atoms with van der Waals surface area (Å²) in [7, 11) is 0. The number of benzene rings is 6. The third kappa shape index (κ3) is 8.30. The number of nitrogens with zero attached hydrogens (tertiary/aromatic N) is 7. The number of aromatic nitrogens is 3. The van der Waals surface area contributed by atoms with Gasteiger partial charge in [0.25, 0.3) is 5.69 Å². The van der Waals surface area contributed by atoms with Gasteiger partial charge in [0.1, 0.15) is 42.0 Å². The summed E-state index contributed by atoms with van der Waals surface area (Å²) in [5.41, 5.74) is 2.50. The fourth-order valence-corrected chi connectivity index (χ4v) is 11.4. The maximum Gasteiger partial charge on any atom is 0.421 e. The number of amides is 3. The van der Waals surface area contributed by atoms with E-state index in [0.29, 0.717) is 53.7 Å². The van der Waals surface area contributed by atoms with Crippen LogP contribution in [0.15, 0.2) is 152 Å². The summed E-state index contributed by atoms with van der Waals surface area (Å²) < 4.78 is 14.3. The predicted octanol–water partition coefficient (Wildman–Crippen LogP) is 8.89. The van der Waals surface area contributed by atoms with Gasteiger partial charge in [-0.3, -0.25) is 29.4 Å². The Morgan fingerprint density at radius 2 is 1.45 bits per heavy atom. The number of hydrogen-bond donors (Lipinski definition) is 1. The van der Waals surface area contributed by atoms with Crippen LogP contribution >= 0.6 is 0 Å². The van der Waals surface area contributed by atoms with Crippen molar-refractivity contribution in [3.63, 3.8) is 0 Å². The highest BCUT2D eigenvalue weighted by Crippen LogP contribution is 2.66. The molecule has 0 radical (unpaired) electrons. The SMILES string of the molecule is O=C1O[C@@H](c2ccccc2)[C@@H](c2ccccc2)N2[C@@H](c3ccc(O)cc3)[C@]3(C(=O)N(C(=O)OCc4ccc([N+](=O)[O-])cc4)c4ccc(C#CCn5nnc6ccccc65)cc43)[C@@H](C(=O)N3CCCCCCC3)[C@H]12. The molecule has 7 aromatic rings. The molecule has 3 fully saturated rings. The van der Waals surface area contributed by atoms with Gasteiger partial charge in [0.2, 0.25) is 11.8 Å². The fraction of sp³-hybridized carbons (Fsp3) is 0.263. The molecular formula is C57H49N7O9. The standard InChI is InChI=1S/C57H49N7O9/c65-43-29-25-41(26-30-43)52-57(48(53(66)60-32-12-2-1-3-13-33-60)50-54(67)73-51(40-18-8-5-9-19-40)49(63(50)52)39-16-6-4-7-17-39)44-35-37(15-14-34-61-47-21-11-10-20-45(47)58-59-61)24-31-46(44)62(55(57)68)56(69)72-36-38-22-27-42(28-23-38)64(70)71/h4-11,16-31,35,48-52,65H,1-3,12-13,32-34,36H2/t48-,49-,50-,51+,52+,57-/m1/s1. The summed E-state index contributed by atoms with van der Waals surface area (Å²) in [6.07, 6.45) is 2.23. The van der Waals surface area contributed by atoms with E-state index in [-0.39, 0.29) is 35.8 Å². The van der Waals surface area contributed by atoms with E-state index in [2.05, 4.69) is 22.2 Å². The molecule has 11 rings (SSSR count). The van der Waals surface area contributed by atoms with Crippen LogP contribution in [-0.4, -0.2) is 77.8 Å². The van der Waals surface area contributed by atoms with Crippen LogP contribution < -0.4 is 4.90 Å². The Balaban J connectivity index is 1.14. The molecule has 5 heterocycles.